The highest BCUT2D eigenvalue weighted by molar-refractivity contribution is 6.32. The first-order valence-electron chi connectivity index (χ1n) is 9.75. The predicted molar refractivity (Wildman–Crippen MR) is 110 cm³/mol. The zero-order chi connectivity index (χ0) is 20.6. The molecule has 0 radical (unpaired) electrons. The molecule has 0 unspecified atom stereocenters. The first kappa shape index (κ1) is 21.1. The summed E-state index contributed by atoms with van der Waals surface area (Å²) in [5.74, 6) is -0.249. The van der Waals surface area contributed by atoms with Gasteiger partial charge in [0.25, 0.3) is 5.91 Å². The Kier molecular flexibility index (Phi) is 7.47. The number of benzene rings is 2. The number of rotatable bonds is 7. The van der Waals surface area contributed by atoms with E-state index in [1.165, 1.54) is 12.1 Å². The highest BCUT2D eigenvalue weighted by Crippen LogP contribution is 2.23. The van der Waals surface area contributed by atoms with Crippen LogP contribution in [-0.4, -0.2) is 42.5 Å². The largest absolute Gasteiger partial charge is 0.492 e. The van der Waals surface area contributed by atoms with Crippen LogP contribution in [0.25, 0.3) is 0 Å². The topological polar surface area (TPSA) is 58.6 Å². The van der Waals surface area contributed by atoms with Gasteiger partial charge in [0.1, 0.15) is 11.6 Å². The number of ether oxygens (including phenoxy) is 1. The average molecular weight is 419 g/mol. The van der Waals surface area contributed by atoms with Crippen molar-refractivity contribution in [2.45, 2.75) is 31.7 Å². The molecule has 1 N–H and O–H groups in total. The highest BCUT2D eigenvalue weighted by atomic mass is 35.5. The van der Waals surface area contributed by atoms with E-state index in [1.807, 2.05) is 12.1 Å². The van der Waals surface area contributed by atoms with Gasteiger partial charge in [0.15, 0.2) is 0 Å². The molecule has 0 saturated carbocycles. The van der Waals surface area contributed by atoms with Crippen LogP contribution in [0.1, 0.15) is 36.0 Å². The van der Waals surface area contributed by atoms with Crippen molar-refractivity contribution in [2.24, 2.45) is 0 Å². The van der Waals surface area contributed by atoms with E-state index in [0.717, 1.165) is 0 Å². The van der Waals surface area contributed by atoms with Crippen LogP contribution in [0.4, 0.5) is 4.39 Å². The molecule has 2 aromatic rings. The third-order valence-electron chi connectivity index (χ3n) is 4.93. The molecular formula is C22H24ClFN2O3. The van der Waals surface area contributed by atoms with Gasteiger partial charge in [-0.1, -0.05) is 35.9 Å². The molecule has 5 nitrogen and oxygen atoms in total. The lowest BCUT2D eigenvalue weighted by atomic mass is 10.0. The standard InChI is InChI=1S/C22H24ClFN2O3/c23-18-7-2-4-9-20(18)29-15-5-10-21(27)26-13-11-16(12-14-26)25-22(28)17-6-1-3-8-19(17)24/h1-4,6-9,16H,5,10-15H2,(H,25,28). The van der Waals surface area contributed by atoms with Crippen molar-refractivity contribution >= 4 is 23.4 Å². The molecule has 0 atom stereocenters. The molecule has 2 aromatic carbocycles. The van der Waals surface area contributed by atoms with Crippen LogP contribution in [-0.2, 0) is 4.79 Å². The van der Waals surface area contributed by atoms with E-state index in [4.69, 9.17) is 16.3 Å². The normalized spacial score (nSPS) is 14.5. The van der Waals surface area contributed by atoms with Gasteiger partial charge in [-0.05, 0) is 43.5 Å². The molecule has 1 aliphatic rings. The molecule has 1 aliphatic heterocycles. The minimum Gasteiger partial charge on any atom is -0.492 e. The lowest BCUT2D eigenvalue weighted by Crippen LogP contribution is -2.46. The maximum Gasteiger partial charge on any atom is 0.254 e. The Labute approximate surface area is 174 Å². The average Bonchev–Trinajstić information content (AvgIpc) is 2.73. The van der Waals surface area contributed by atoms with Crippen LogP contribution in [0, 0.1) is 5.82 Å². The van der Waals surface area contributed by atoms with Crippen molar-refractivity contribution in [3.05, 3.63) is 64.9 Å². The van der Waals surface area contributed by atoms with Crippen molar-refractivity contribution < 1.29 is 18.7 Å². The summed E-state index contributed by atoms with van der Waals surface area (Å²) in [7, 11) is 0. The summed E-state index contributed by atoms with van der Waals surface area (Å²) in [4.78, 5) is 26.4. The van der Waals surface area contributed by atoms with Gasteiger partial charge >= 0.3 is 0 Å². The third-order valence-corrected chi connectivity index (χ3v) is 5.24. The second kappa shape index (κ2) is 10.3. The number of piperidine rings is 1. The van der Waals surface area contributed by atoms with Gasteiger partial charge in [0.2, 0.25) is 5.91 Å². The van der Waals surface area contributed by atoms with Crippen molar-refractivity contribution in [1.82, 2.24) is 10.2 Å². The minimum absolute atomic E-state index is 0.0459. The van der Waals surface area contributed by atoms with E-state index >= 15 is 0 Å². The van der Waals surface area contributed by atoms with Crippen molar-refractivity contribution in [3.63, 3.8) is 0 Å². The first-order chi connectivity index (χ1) is 14.0. The lowest BCUT2D eigenvalue weighted by Gasteiger charge is -2.32. The van der Waals surface area contributed by atoms with E-state index in [-0.39, 0.29) is 17.5 Å². The van der Waals surface area contributed by atoms with Gasteiger partial charge in [-0.3, -0.25) is 9.59 Å². The number of likely N-dealkylation sites (tertiary alicyclic amines) is 1. The van der Waals surface area contributed by atoms with Gasteiger partial charge in [-0.2, -0.15) is 0 Å². The third kappa shape index (κ3) is 5.94. The summed E-state index contributed by atoms with van der Waals surface area (Å²) in [6, 6.07) is 13.1. The smallest absolute Gasteiger partial charge is 0.254 e. The molecular weight excluding hydrogens is 395 g/mol. The van der Waals surface area contributed by atoms with Crippen LogP contribution in [0.15, 0.2) is 48.5 Å². The Morgan fingerprint density at radius 2 is 1.79 bits per heavy atom. The summed E-state index contributed by atoms with van der Waals surface area (Å²) < 4.78 is 19.3. The molecule has 1 heterocycles. The number of amides is 2. The molecule has 0 spiro atoms. The van der Waals surface area contributed by atoms with E-state index in [2.05, 4.69) is 5.32 Å². The van der Waals surface area contributed by atoms with Crippen molar-refractivity contribution in [2.75, 3.05) is 19.7 Å². The number of hydrogen-bond donors (Lipinski definition) is 1. The van der Waals surface area contributed by atoms with Crippen LogP contribution in [0.2, 0.25) is 5.02 Å². The Bertz CT molecular complexity index is 853. The summed E-state index contributed by atoms with van der Waals surface area (Å²) >= 11 is 6.03. The van der Waals surface area contributed by atoms with Crippen LogP contribution in [0.3, 0.4) is 0 Å². The van der Waals surface area contributed by atoms with Crippen LogP contribution >= 0.6 is 11.6 Å². The number of nitrogens with zero attached hydrogens (tertiary/aromatic N) is 1. The monoisotopic (exact) mass is 418 g/mol. The molecule has 0 aliphatic carbocycles. The fourth-order valence-electron chi connectivity index (χ4n) is 3.31. The van der Waals surface area contributed by atoms with Gasteiger partial charge in [0.05, 0.1) is 17.2 Å². The Hall–Kier alpha value is -2.60. The molecule has 1 saturated heterocycles. The fourth-order valence-corrected chi connectivity index (χ4v) is 3.50. The molecule has 29 heavy (non-hydrogen) atoms. The maximum atomic E-state index is 13.7. The van der Waals surface area contributed by atoms with Gasteiger partial charge in [-0.15, -0.1) is 0 Å². The van der Waals surface area contributed by atoms with E-state index in [1.54, 1.807) is 29.2 Å². The number of carbonyl (C=O) groups excluding carboxylic acids is 2. The second-order valence-corrected chi connectivity index (χ2v) is 7.40. The number of carbonyl (C=O) groups is 2. The van der Waals surface area contributed by atoms with Crippen LogP contribution in [0.5, 0.6) is 5.75 Å². The van der Waals surface area contributed by atoms with Gasteiger partial charge < -0.3 is 15.0 Å². The Morgan fingerprint density at radius 1 is 1.10 bits per heavy atom. The summed E-state index contributed by atoms with van der Waals surface area (Å²) in [6.45, 7) is 1.57. The van der Waals surface area contributed by atoms with Crippen molar-refractivity contribution in [3.8, 4) is 5.75 Å². The summed E-state index contributed by atoms with van der Waals surface area (Å²) in [6.07, 6.45) is 2.31. The molecule has 154 valence electrons. The SMILES string of the molecule is O=C(NC1CCN(C(=O)CCCOc2ccccc2Cl)CC1)c1ccccc1F. The predicted octanol–water partition coefficient (Wildman–Crippen LogP) is 4.06. The zero-order valence-electron chi connectivity index (χ0n) is 16.1. The highest BCUT2D eigenvalue weighted by Gasteiger charge is 2.24. The maximum absolute atomic E-state index is 13.7. The molecule has 0 aromatic heterocycles. The molecule has 7 heteroatoms. The number of halogens is 2. The van der Waals surface area contributed by atoms with Crippen molar-refractivity contribution in [1.29, 1.82) is 0 Å². The molecule has 0 bridgehead atoms. The van der Waals surface area contributed by atoms with E-state index < -0.39 is 11.7 Å². The van der Waals surface area contributed by atoms with Gasteiger partial charge in [-0.25, -0.2) is 4.39 Å². The lowest BCUT2D eigenvalue weighted by molar-refractivity contribution is -0.132. The first-order valence-corrected chi connectivity index (χ1v) is 10.1. The number of para-hydroxylation sites is 1. The Morgan fingerprint density at radius 3 is 2.52 bits per heavy atom. The quantitative estimate of drug-likeness (QED) is 0.690. The number of nitrogens with one attached hydrogen (secondary N) is 1. The summed E-state index contributed by atoms with van der Waals surface area (Å²) in [5.41, 5.74) is 0.0459. The summed E-state index contributed by atoms with van der Waals surface area (Å²) in [5, 5.41) is 3.42. The number of hydrogen-bond acceptors (Lipinski definition) is 3. The fraction of sp³-hybridized carbons (Fsp3) is 0.364. The zero-order valence-corrected chi connectivity index (χ0v) is 16.8. The van der Waals surface area contributed by atoms with Gasteiger partial charge in [0, 0.05) is 25.6 Å². The van der Waals surface area contributed by atoms with E-state index in [0.29, 0.717) is 56.2 Å². The minimum atomic E-state index is -0.531. The van der Waals surface area contributed by atoms with Crippen LogP contribution < -0.4 is 10.1 Å². The molecule has 2 amide bonds. The second-order valence-electron chi connectivity index (χ2n) is 6.99. The molecule has 3 rings (SSSR count). The Balaban J connectivity index is 1.36. The molecule has 1 fully saturated rings. The van der Waals surface area contributed by atoms with E-state index in [9.17, 15) is 14.0 Å².